The first-order valence-electron chi connectivity index (χ1n) is 5.44. The number of nitrogens with two attached hydrogens (primary N) is 1. The fourth-order valence-electron chi connectivity index (χ4n) is 1.55. The Labute approximate surface area is 95.4 Å². The SMILES string of the molecule is CCCC(=O)C(Cc1ccc(O)cc1)NN. The average molecular weight is 222 g/mol. The molecule has 0 saturated carbocycles. The number of nitrogens with one attached hydrogen (secondary N) is 1. The van der Waals surface area contributed by atoms with Crippen LogP contribution in [0.1, 0.15) is 25.3 Å². The van der Waals surface area contributed by atoms with Gasteiger partial charge in [0.1, 0.15) is 5.75 Å². The topological polar surface area (TPSA) is 75.3 Å². The molecule has 1 rings (SSSR count). The third-order valence-electron chi connectivity index (χ3n) is 2.46. The van der Waals surface area contributed by atoms with E-state index in [9.17, 15) is 4.79 Å². The van der Waals surface area contributed by atoms with E-state index < -0.39 is 0 Å². The molecule has 4 heteroatoms. The summed E-state index contributed by atoms with van der Waals surface area (Å²) in [7, 11) is 0. The number of phenols is 1. The maximum absolute atomic E-state index is 11.7. The van der Waals surface area contributed by atoms with Crippen LogP contribution in [0.2, 0.25) is 0 Å². The monoisotopic (exact) mass is 222 g/mol. The van der Waals surface area contributed by atoms with E-state index >= 15 is 0 Å². The first-order valence-corrected chi connectivity index (χ1v) is 5.44. The van der Waals surface area contributed by atoms with Gasteiger partial charge in [0, 0.05) is 6.42 Å². The Hall–Kier alpha value is -1.39. The average Bonchev–Trinajstić information content (AvgIpc) is 2.28. The molecule has 1 aromatic rings. The second kappa shape index (κ2) is 6.25. The zero-order chi connectivity index (χ0) is 12.0. The summed E-state index contributed by atoms with van der Waals surface area (Å²) in [6.45, 7) is 1.96. The van der Waals surface area contributed by atoms with Crippen LogP contribution in [0.4, 0.5) is 0 Å². The molecule has 0 aliphatic rings. The van der Waals surface area contributed by atoms with E-state index in [1.165, 1.54) is 0 Å². The lowest BCUT2D eigenvalue weighted by atomic mass is 10.0. The quantitative estimate of drug-likeness (QED) is 0.498. The number of rotatable bonds is 6. The second-order valence-corrected chi connectivity index (χ2v) is 3.81. The third-order valence-corrected chi connectivity index (χ3v) is 2.46. The lowest BCUT2D eigenvalue weighted by Gasteiger charge is -2.14. The Morgan fingerprint density at radius 3 is 2.56 bits per heavy atom. The van der Waals surface area contributed by atoms with Gasteiger partial charge in [-0.3, -0.25) is 10.6 Å². The third kappa shape index (κ3) is 3.64. The van der Waals surface area contributed by atoms with Crippen LogP contribution in [0, 0.1) is 0 Å². The van der Waals surface area contributed by atoms with Crippen molar-refractivity contribution in [1.82, 2.24) is 5.43 Å². The zero-order valence-corrected chi connectivity index (χ0v) is 9.44. The van der Waals surface area contributed by atoms with E-state index in [1.807, 2.05) is 6.92 Å². The summed E-state index contributed by atoms with van der Waals surface area (Å²) >= 11 is 0. The Morgan fingerprint density at radius 1 is 1.44 bits per heavy atom. The minimum absolute atomic E-state index is 0.123. The predicted molar refractivity (Wildman–Crippen MR) is 62.8 cm³/mol. The van der Waals surface area contributed by atoms with Gasteiger partial charge in [0.25, 0.3) is 0 Å². The fraction of sp³-hybridized carbons (Fsp3) is 0.417. The molecule has 1 atom stereocenters. The fourth-order valence-corrected chi connectivity index (χ4v) is 1.55. The standard InChI is InChI=1S/C12H18N2O2/c1-2-3-12(16)11(14-13)8-9-4-6-10(15)7-5-9/h4-7,11,14-15H,2-3,8,13H2,1H3. The Balaban J connectivity index is 2.62. The number of aromatic hydroxyl groups is 1. The van der Waals surface area contributed by atoms with Gasteiger partial charge in [-0.05, 0) is 30.5 Å². The molecule has 1 unspecified atom stereocenters. The van der Waals surface area contributed by atoms with Crippen molar-refractivity contribution in [2.24, 2.45) is 5.84 Å². The van der Waals surface area contributed by atoms with Crippen LogP contribution < -0.4 is 11.3 Å². The number of carbonyl (C=O) groups is 1. The summed E-state index contributed by atoms with van der Waals surface area (Å²) in [5, 5.41) is 9.13. The van der Waals surface area contributed by atoms with E-state index in [0.29, 0.717) is 12.8 Å². The van der Waals surface area contributed by atoms with Crippen LogP contribution >= 0.6 is 0 Å². The summed E-state index contributed by atoms with van der Waals surface area (Å²) in [5.41, 5.74) is 3.51. The Bertz CT molecular complexity index is 335. The molecule has 0 saturated heterocycles. The number of hydrogen-bond donors (Lipinski definition) is 3. The lowest BCUT2D eigenvalue weighted by molar-refractivity contribution is -0.121. The zero-order valence-electron chi connectivity index (χ0n) is 9.44. The summed E-state index contributed by atoms with van der Waals surface area (Å²) in [5.74, 6) is 5.71. The molecule has 1 aromatic carbocycles. The van der Waals surface area contributed by atoms with Crippen LogP contribution in [0.5, 0.6) is 5.75 Å². The highest BCUT2D eigenvalue weighted by Gasteiger charge is 2.15. The number of phenolic OH excluding ortho intramolecular Hbond substituents is 1. The molecule has 0 bridgehead atoms. The van der Waals surface area contributed by atoms with Crippen molar-refractivity contribution >= 4 is 5.78 Å². The largest absolute Gasteiger partial charge is 0.508 e. The van der Waals surface area contributed by atoms with E-state index in [4.69, 9.17) is 10.9 Å². The van der Waals surface area contributed by atoms with Gasteiger partial charge in [-0.2, -0.15) is 0 Å². The molecule has 0 amide bonds. The molecule has 0 aromatic heterocycles. The van der Waals surface area contributed by atoms with Crippen molar-refractivity contribution in [1.29, 1.82) is 0 Å². The number of benzene rings is 1. The highest BCUT2D eigenvalue weighted by atomic mass is 16.3. The molecule has 0 spiro atoms. The number of hydrazine groups is 1. The summed E-state index contributed by atoms with van der Waals surface area (Å²) < 4.78 is 0. The summed E-state index contributed by atoms with van der Waals surface area (Å²) in [6.07, 6.45) is 1.91. The molecule has 16 heavy (non-hydrogen) atoms. The van der Waals surface area contributed by atoms with Crippen LogP contribution in [0.3, 0.4) is 0 Å². The van der Waals surface area contributed by atoms with Gasteiger partial charge in [-0.15, -0.1) is 0 Å². The second-order valence-electron chi connectivity index (χ2n) is 3.81. The minimum Gasteiger partial charge on any atom is -0.508 e. The first-order chi connectivity index (χ1) is 7.67. The van der Waals surface area contributed by atoms with E-state index in [2.05, 4.69) is 5.43 Å². The maximum Gasteiger partial charge on any atom is 0.151 e. The van der Waals surface area contributed by atoms with Crippen molar-refractivity contribution in [3.05, 3.63) is 29.8 Å². The predicted octanol–water partition coefficient (Wildman–Crippen LogP) is 1.14. The van der Waals surface area contributed by atoms with Crippen LogP contribution in [0.25, 0.3) is 0 Å². The van der Waals surface area contributed by atoms with Crippen LogP contribution in [-0.4, -0.2) is 16.9 Å². The number of carbonyl (C=O) groups excluding carboxylic acids is 1. The minimum atomic E-state index is -0.343. The van der Waals surface area contributed by atoms with Gasteiger partial charge in [-0.1, -0.05) is 19.1 Å². The van der Waals surface area contributed by atoms with Gasteiger partial charge in [0.2, 0.25) is 0 Å². The van der Waals surface area contributed by atoms with Gasteiger partial charge < -0.3 is 5.11 Å². The van der Waals surface area contributed by atoms with Gasteiger partial charge in [-0.25, -0.2) is 5.43 Å². The van der Waals surface area contributed by atoms with E-state index in [0.717, 1.165) is 12.0 Å². The first kappa shape index (κ1) is 12.7. The van der Waals surface area contributed by atoms with Crippen molar-refractivity contribution < 1.29 is 9.90 Å². The molecule has 88 valence electrons. The van der Waals surface area contributed by atoms with Gasteiger partial charge in [0.05, 0.1) is 6.04 Å². The molecule has 0 aliphatic carbocycles. The van der Waals surface area contributed by atoms with Crippen LogP contribution in [-0.2, 0) is 11.2 Å². The molecule has 0 aliphatic heterocycles. The molecule has 0 heterocycles. The number of hydrogen-bond acceptors (Lipinski definition) is 4. The molecular weight excluding hydrogens is 204 g/mol. The molecule has 0 radical (unpaired) electrons. The highest BCUT2D eigenvalue weighted by Crippen LogP contribution is 2.12. The van der Waals surface area contributed by atoms with E-state index in [-0.39, 0.29) is 17.6 Å². The molecule has 0 fully saturated rings. The highest BCUT2D eigenvalue weighted by molar-refractivity contribution is 5.84. The Morgan fingerprint density at radius 2 is 2.06 bits per heavy atom. The normalized spacial score (nSPS) is 12.4. The van der Waals surface area contributed by atoms with Crippen molar-refractivity contribution in [2.75, 3.05) is 0 Å². The number of Topliss-reactive ketones (excluding diaryl/α,β-unsaturated/α-hetero) is 1. The van der Waals surface area contributed by atoms with Gasteiger partial charge >= 0.3 is 0 Å². The summed E-state index contributed by atoms with van der Waals surface area (Å²) in [4.78, 5) is 11.7. The molecular formula is C12H18N2O2. The molecule has 4 nitrogen and oxygen atoms in total. The van der Waals surface area contributed by atoms with Crippen molar-refractivity contribution in [3.8, 4) is 5.75 Å². The van der Waals surface area contributed by atoms with Gasteiger partial charge in [0.15, 0.2) is 5.78 Å². The summed E-state index contributed by atoms with van der Waals surface area (Å²) in [6, 6.07) is 6.45. The van der Waals surface area contributed by atoms with E-state index in [1.54, 1.807) is 24.3 Å². The van der Waals surface area contributed by atoms with Crippen molar-refractivity contribution in [3.63, 3.8) is 0 Å². The van der Waals surface area contributed by atoms with Crippen molar-refractivity contribution in [2.45, 2.75) is 32.2 Å². The molecule has 4 N–H and O–H groups in total. The lowest BCUT2D eigenvalue weighted by Crippen LogP contribution is -2.42. The maximum atomic E-state index is 11.7. The number of ketones is 1. The Kier molecular flexibility index (Phi) is 4.95. The smallest absolute Gasteiger partial charge is 0.151 e. The van der Waals surface area contributed by atoms with Crippen LogP contribution in [0.15, 0.2) is 24.3 Å².